The fraction of sp³-hybridized carbons (Fsp3) is 0.818. The Bertz CT molecular complexity index is 212. The minimum atomic E-state index is -0.846. The van der Waals surface area contributed by atoms with Crippen LogP contribution in [-0.2, 0) is 0 Å². The fourth-order valence-electron chi connectivity index (χ4n) is 2.64. The summed E-state index contributed by atoms with van der Waals surface area (Å²) in [5.41, 5.74) is -0.653. The molecule has 0 aliphatic heterocycles. The van der Waals surface area contributed by atoms with Crippen molar-refractivity contribution >= 4 is 0 Å². The summed E-state index contributed by atoms with van der Waals surface area (Å²) in [6.45, 7) is 6.50. The summed E-state index contributed by atoms with van der Waals surface area (Å²) in [6.07, 6.45) is 7.98. The molecular formula is C11H18O. The van der Waals surface area contributed by atoms with E-state index in [1.54, 1.807) is 0 Å². The average molecular weight is 166 g/mol. The highest BCUT2D eigenvalue weighted by Gasteiger charge is 2.40. The van der Waals surface area contributed by atoms with E-state index in [2.05, 4.69) is 26.7 Å². The maximum absolute atomic E-state index is 9.95. The predicted octanol–water partition coefficient (Wildman–Crippen LogP) is 2.20. The van der Waals surface area contributed by atoms with Crippen LogP contribution in [0.25, 0.3) is 0 Å². The zero-order valence-electron chi connectivity index (χ0n) is 8.22. The Hall–Kier alpha value is -0.480. The summed E-state index contributed by atoms with van der Waals surface area (Å²) in [5.74, 6) is 3.06. The lowest BCUT2D eigenvalue weighted by molar-refractivity contribution is -0.0133. The quantitative estimate of drug-likeness (QED) is 0.547. The van der Waals surface area contributed by atoms with Crippen LogP contribution in [0.1, 0.15) is 40.0 Å². The number of hydrogen-bond donors (Lipinski definition) is 1. The first-order valence-electron chi connectivity index (χ1n) is 4.57. The Labute approximate surface area is 75.2 Å². The third-order valence-electron chi connectivity index (χ3n) is 2.63. The van der Waals surface area contributed by atoms with Crippen LogP contribution in [0, 0.1) is 23.7 Å². The Kier molecular flexibility index (Phi) is 2.23. The molecule has 1 aliphatic rings. The summed E-state index contributed by atoms with van der Waals surface area (Å²) >= 11 is 0. The number of rotatable bonds is 0. The summed E-state index contributed by atoms with van der Waals surface area (Å²) in [7, 11) is 0. The van der Waals surface area contributed by atoms with Gasteiger partial charge in [-0.05, 0) is 30.6 Å². The smallest absolute Gasteiger partial charge is 0.126 e. The average Bonchev–Trinajstić information content (AvgIpc) is 1.82. The highest BCUT2D eigenvalue weighted by Crippen LogP contribution is 2.43. The molecule has 0 saturated heterocycles. The Morgan fingerprint density at radius 1 is 1.42 bits per heavy atom. The van der Waals surface area contributed by atoms with Crippen LogP contribution < -0.4 is 0 Å². The van der Waals surface area contributed by atoms with Crippen LogP contribution in [0.3, 0.4) is 0 Å². The summed E-state index contributed by atoms with van der Waals surface area (Å²) in [6, 6.07) is 0. The van der Waals surface area contributed by atoms with Crippen molar-refractivity contribution in [1.29, 1.82) is 0 Å². The van der Waals surface area contributed by atoms with Crippen LogP contribution in [-0.4, -0.2) is 10.7 Å². The largest absolute Gasteiger partial charge is 0.378 e. The minimum absolute atomic E-state index is 0.193. The van der Waals surface area contributed by atoms with Gasteiger partial charge in [-0.2, -0.15) is 0 Å². The fourth-order valence-corrected chi connectivity index (χ4v) is 2.64. The van der Waals surface area contributed by atoms with Gasteiger partial charge in [-0.25, -0.2) is 0 Å². The molecule has 0 heterocycles. The van der Waals surface area contributed by atoms with E-state index in [9.17, 15) is 5.11 Å². The minimum Gasteiger partial charge on any atom is -0.378 e. The summed E-state index contributed by atoms with van der Waals surface area (Å²) in [4.78, 5) is 0. The standard InChI is InChI=1S/C11H18O/c1-5-11(12)7-9(2)6-10(3,4)8-11/h1,9,12H,6-8H2,2-4H3/t9-,11-/m1/s1. The maximum atomic E-state index is 9.95. The first-order valence-corrected chi connectivity index (χ1v) is 4.57. The van der Waals surface area contributed by atoms with Crippen LogP contribution in [0.5, 0.6) is 0 Å². The molecule has 1 heteroatoms. The predicted molar refractivity (Wildman–Crippen MR) is 50.6 cm³/mol. The Morgan fingerprint density at radius 2 is 2.00 bits per heavy atom. The molecule has 2 atom stereocenters. The Morgan fingerprint density at radius 3 is 2.42 bits per heavy atom. The van der Waals surface area contributed by atoms with Crippen molar-refractivity contribution in [3.05, 3.63) is 0 Å². The number of hydrogen-bond acceptors (Lipinski definition) is 1. The molecule has 68 valence electrons. The highest BCUT2D eigenvalue weighted by molar-refractivity contribution is 5.11. The molecule has 0 bridgehead atoms. The molecular weight excluding hydrogens is 148 g/mol. The maximum Gasteiger partial charge on any atom is 0.126 e. The monoisotopic (exact) mass is 166 g/mol. The molecule has 0 aromatic carbocycles. The van der Waals surface area contributed by atoms with Gasteiger partial charge in [0.25, 0.3) is 0 Å². The van der Waals surface area contributed by atoms with Crippen molar-refractivity contribution in [2.75, 3.05) is 0 Å². The van der Waals surface area contributed by atoms with Gasteiger partial charge >= 0.3 is 0 Å². The summed E-state index contributed by atoms with van der Waals surface area (Å²) < 4.78 is 0. The molecule has 0 aromatic heterocycles. The van der Waals surface area contributed by atoms with Crippen molar-refractivity contribution in [2.45, 2.75) is 45.6 Å². The summed E-state index contributed by atoms with van der Waals surface area (Å²) in [5, 5.41) is 9.95. The van der Waals surface area contributed by atoms with Gasteiger partial charge < -0.3 is 5.11 Å². The molecule has 1 fully saturated rings. The van der Waals surface area contributed by atoms with Crippen molar-refractivity contribution in [2.24, 2.45) is 11.3 Å². The van der Waals surface area contributed by atoms with E-state index in [1.165, 1.54) is 0 Å². The van der Waals surface area contributed by atoms with Gasteiger partial charge in [0.15, 0.2) is 0 Å². The SMILES string of the molecule is C#C[C@@]1(O)C[C@H](C)CC(C)(C)C1. The first-order chi connectivity index (χ1) is 5.37. The molecule has 1 saturated carbocycles. The molecule has 1 N–H and O–H groups in total. The van der Waals surface area contributed by atoms with E-state index in [0.29, 0.717) is 5.92 Å². The van der Waals surface area contributed by atoms with E-state index in [-0.39, 0.29) is 5.41 Å². The lowest BCUT2D eigenvalue weighted by Gasteiger charge is -2.41. The van der Waals surface area contributed by atoms with Crippen molar-refractivity contribution in [1.82, 2.24) is 0 Å². The molecule has 0 radical (unpaired) electrons. The van der Waals surface area contributed by atoms with E-state index in [0.717, 1.165) is 19.3 Å². The molecule has 0 unspecified atom stereocenters. The van der Waals surface area contributed by atoms with Crippen LogP contribution >= 0.6 is 0 Å². The number of aliphatic hydroxyl groups is 1. The van der Waals surface area contributed by atoms with Gasteiger partial charge in [-0.1, -0.05) is 26.7 Å². The van der Waals surface area contributed by atoms with E-state index >= 15 is 0 Å². The molecule has 12 heavy (non-hydrogen) atoms. The first kappa shape index (κ1) is 9.61. The van der Waals surface area contributed by atoms with Gasteiger partial charge in [-0.15, -0.1) is 6.42 Å². The zero-order chi connectivity index (χ0) is 9.41. The van der Waals surface area contributed by atoms with E-state index in [4.69, 9.17) is 6.42 Å². The van der Waals surface area contributed by atoms with Crippen molar-refractivity contribution in [3.8, 4) is 12.3 Å². The lowest BCUT2D eigenvalue weighted by atomic mass is 9.66. The zero-order valence-corrected chi connectivity index (χ0v) is 8.22. The Balaban J connectivity index is 2.78. The molecule has 1 nitrogen and oxygen atoms in total. The molecule has 1 aliphatic carbocycles. The van der Waals surface area contributed by atoms with Gasteiger partial charge in [0.05, 0.1) is 0 Å². The van der Waals surface area contributed by atoms with E-state index in [1.807, 2.05) is 0 Å². The van der Waals surface area contributed by atoms with Crippen molar-refractivity contribution in [3.63, 3.8) is 0 Å². The van der Waals surface area contributed by atoms with Gasteiger partial charge in [0, 0.05) is 0 Å². The van der Waals surface area contributed by atoms with Crippen LogP contribution in [0.4, 0.5) is 0 Å². The second-order valence-corrected chi connectivity index (χ2v) is 5.03. The molecule has 1 rings (SSSR count). The highest BCUT2D eigenvalue weighted by atomic mass is 16.3. The third kappa shape index (κ3) is 2.01. The molecule has 0 amide bonds. The second-order valence-electron chi connectivity index (χ2n) is 5.03. The van der Waals surface area contributed by atoms with Gasteiger partial charge in [-0.3, -0.25) is 0 Å². The van der Waals surface area contributed by atoms with Crippen LogP contribution in [0.15, 0.2) is 0 Å². The van der Waals surface area contributed by atoms with Gasteiger partial charge in [0.1, 0.15) is 5.60 Å². The third-order valence-corrected chi connectivity index (χ3v) is 2.63. The van der Waals surface area contributed by atoms with E-state index < -0.39 is 5.60 Å². The van der Waals surface area contributed by atoms with Crippen molar-refractivity contribution < 1.29 is 5.11 Å². The normalized spacial score (nSPS) is 40.4. The van der Waals surface area contributed by atoms with Gasteiger partial charge in [0.2, 0.25) is 0 Å². The molecule has 0 spiro atoms. The number of terminal acetylenes is 1. The topological polar surface area (TPSA) is 20.2 Å². The lowest BCUT2D eigenvalue weighted by Crippen LogP contribution is -2.40. The molecule has 0 aromatic rings. The van der Waals surface area contributed by atoms with Crippen LogP contribution in [0.2, 0.25) is 0 Å². The second kappa shape index (κ2) is 2.78.